The fourth-order valence-electron chi connectivity index (χ4n) is 1.71. The Balaban J connectivity index is 2.09. The zero-order chi connectivity index (χ0) is 13.4. The molecule has 0 saturated heterocycles. The predicted octanol–water partition coefficient (Wildman–Crippen LogP) is 4.15. The number of unbranched alkanes of at least 4 members (excludes halogenated alkanes) is 1. The summed E-state index contributed by atoms with van der Waals surface area (Å²) in [4.78, 5) is 0. The van der Waals surface area contributed by atoms with E-state index >= 15 is 0 Å². The van der Waals surface area contributed by atoms with Crippen molar-refractivity contribution < 1.29 is 0 Å². The van der Waals surface area contributed by atoms with Crippen LogP contribution in [0.2, 0.25) is 5.02 Å². The molecule has 0 saturated carbocycles. The van der Waals surface area contributed by atoms with Gasteiger partial charge in [-0.15, -0.1) is 0 Å². The number of halogens is 1. The Morgan fingerprint density at radius 3 is 2.50 bits per heavy atom. The fraction of sp³-hybridized carbons (Fsp3) is 0.533. The van der Waals surface area contributed by atoms with Crippen LogP contribution in [0.3, 0.4) is 0 Å². The molecule has 98 valence electrons. The highest BCUT2D eigenvalue weighted by Gasteiger charge is 2.15. The Morgan fingerprint density at radius 1 is 1.22 bits per heavy atom. The monoisotopic (exact) mass is 264 g/mol. The van der Waals surface area contributed by atoms with Crippen molar-refractivity contribution in [1.82, 2.24) is 5.32 Å². The van der Waals surface area contributed by atoms with Gasteiger partial charge in [-0.3, -0.25) is 0 Å². The summed E-state index contributed by atoms with van der Waals surface area (Å²) < 4.78 is 0. The molecule has 0 heterocycles. The molecular formula is C15H21ClN2. The number of nitrogens with zero attached hydrogens (tertiary/aromatic N) is 1. The lowest BCUT2D eigenvalue weighted by Gasteiger charge is -2.14. The van der Waals surface area contributed by atoms with Crippen LogP contribution in [-0.2, 0) is 6.54 Å². The molecule has 0 aliphatic rings. The molecule has 0 aliphatic heterocycles. The highest BCUT2D eigenvalue weighted by molar-refractivity contribution is 6.30. The lowest BCUT2D eigenvalue weighted by molar-refractivity contribution is 0.422. The SMILES string of the molecule is CC(C)(C#N)CCCCNCc1ccc(Cl)cc1. The van der Waals surface area contributed by atoms with Gasteiger partial charge in [0, 0.05) is 11.6 Å². The second-order valence-electron chi connectivity index (χ2n) is 5.26. The Bertz CT molecular complexity index is 390. The molecule has 0 atom stereocenters. The van der Waals surface area contributed by atoms with Crippen molar-refractivity contribution in [2.24, 2.45) is 5.41 Å². The van der Waals surface area contributed by atoms with E-state index in [4.69, 9.17) is 16.9 Å². The third-order valence-electron chi connectivity index (χ3n) is 2.95. The minimum atomic E-state index is -0.184. The molecule has 0 aromatic heterocycles. The molecule has 1 rings (SSSR count). The maximum atomic E-state index is 8.89. The molecule has 1 aromatic carbocycles. The summed E-state index contributed by atoms with van der Waals surface area (Å²) in [5.74, 6) is 0. The van der Waals surface area contributed by atoms with Gasteiger partial charge in [0.1, 0.15) is 0 Å². The van der Waals surface area contributed by atoms with E-state index < -0.39 is 0 Å². The van der Waals surface area contributed by atoms with Gasteiger partial charge in [-0.2, -0.15) is 5.26 Å². The van der Waals surface area contributed by atoms with Gasteiger partial charge in [-0.25, -0.2) is 0 Å². The fourth-order valence-corrected chi connectivity index (χ4v) is 1.83. The van der Waals surface area contributed by atoms with Crippen molar-refractivity contribution in [3.8, 4) is 6.07 Å². The number of hydrogen-bond donors (Lipinski definition) is 1. The van der Waals surface area contributed by atoms with Gasteiger partial charge in [0.2, 0.25) is 0 Å². The van der Waals surface area contributed by atoms with E-state index in [9.17, 15) is 0 Å². The number of rotatable bonds is 7. The van der Waals surface area contributed by atoms with E-state index in [1.54, 1.807) is 0 Å². The highest BCUT2D eigenvalue weighted by atomic mass is 35.5. The summed E-state index contributed by atoms with van der Waals surface area (Å²) in [6.07, 6.45) is 3.17. The second-order valence-corrected chi connectivity index (χ2v) is 5.69. The first-order chi connectivity index (χ1) is 8.53. The summed E-state index contributed by atoms with van der Waals surface area (Å²) in [5.41, 5.74) is 1.06. The Labute approximate surface area is 115 Å². The molecule has 1 N–H and O–H groups in total. The van der Waals surface area contributed by atoms with Crippen LogP contribution in [0.5, 0.6) is 0 Å². The van der Waals surface area contributed by atoms with Crippen LogP contribution in [0.25, 0.3) is 0 Å². The van der Waals surface area contributed by atoms with E-state index in [2.05, 4.69) is 11.4 Å². The minimum absolute atomic E-state index is 0.184. The Kier molecular flexibility index (Phi) is 6.18. The van der Waals surface area contributed by atoms with Crippen molar-refractivity contribution in [3.05, 3.63) is 34.9 Å². The lowest BCUT2D eigenvalue weighted by Crippen LogP contribution is -2.15. The molecule has 0 spiro atoms. The molecule has 0 fully saturated rings. The van der Waals surface area contributed by atoms with Crippen LogP contribution < -0.4 is 5.32 Å². The maximum absolute atomic E-state index is 8.89. The Hall–Kier alpha value is -1.04. The summed E-state index contributed by atoms with van der Waals surface area (Å²) in [6.45, 7) is 5.85. The van der Waals surface area contributed by atoms with Crippen LogP contribution in [0.1, 0.15) is 38.7 Å². The van der Waals surface area contributed by atoms with Crippen molar-refractivity contribution in [3.63, 3.8) is 0 Å². The predicted molar refractivity (Wildman–Crippen MR) is 76.4 cm³/mol. The van der Waals surface area contributed by atoms with Gasteiger partial charge < -0.3 is 5.32 Å². The molecular weight excluding hydrogens is 244 g/mol. The summed E-state index contributed by atoms with van der Waals surface area (Å²) in [6, 6.07) is 10.2. The summed E-state index contributed by atoms with van der Waals surface area (Å²) in [7, 11) is 0. The zero-order valence-corrected chi connectivity index (χ0v) is 11.9. The van der Waals surface area contributed by atoms with Crippen molar-refractivity contribution in [1.29, 1.82) is 5.26 Å². The van der Waals surface area contributed by atoms with Crippen LogP contribution in [-0.4, -0.2) is 6.54 Å². The number of nitrogens with one attached hydrogen (secondary N) is 1. The van der Waals surface area contributed by atoms with Gasteiger partial charge in [0.05, 0.1) is 11.5 Å². The van der Waals surface area contributed by atoms with E-state index in [-0.39, 0.29) is 5.41 Å². The maximum Gasteiger partial charge on any atom is 0.0683 e. The van der Waals surface area contributed by atoms with Gasteiger partial charge in [0.25, 0.3) is 0 Å². The highest BCUT2D eigenvalue weighted by Crippen LogP contribution is 2.21. The molecule has 0 unspecified atom stereocenters. The van der Waals surface area contributed by atoms with Crippen molar-refractivity contribution >= 4 is 11.6 Å². The largest absolute Gasteiger partial charge is 0.313 e. The van der Waals surface area contributed by atoms with Crippen LogP contribution >= 0.6 is 11.6 Å². The van der Waals surface area contributed by atoms with E-state index in [1.807, 2.05) is 38.1 Å². The summed E-state index contributed by atoms with van der Waals surface area (Å²) in [5, 5.41) is 13.1. The molecule has 18 heavy (non-hydrogen) atoms. The van der Waals surface area contributed by atoms with Crippen molar-refractivity contribution in [2.75, 3.05) is 6.54 Å². The third kappa shape index (κ3) is 6.05. The first-order valence-corrected chi connectivity index (χ1v) is 6.78. The lowest BCUT2D eigenvalue weighted by atomic mass is 9.89. The molecule has 0 radical (unpaired) electrons. The first kappa shape index (κ1) is 15.0. The third-order valence-corrected chi connectivity index (χ3v) is 3.20. The molecule has 2 nitrogen and oxygen atoms in total. The van der Waals surface area contributed by atoms with E-state index in [0.29, 0.717) is 0 Å². The van der Waals surface area contributed by atoms with Gasteiger partial charge in [0.15, 0.2) is 0 Å². The topological polar surface area (TPSA) is 35.8 Å². The van der Waals surface area contributed by atoms with Crippen molar-refractivity contribution in [2.45, 2.75) is 39.7 Å². The Morgan fingerprint density at radius 2 is 1.89 bits per heavy atom. The van der Waals surface area contributed by atoms with E-state index in [0.717, 1.165) is 37.4 Å². The average molecular weight is 265 g/mol. The van der Waals surface area contributed by atoms with Gasteiger partial charge in [-0.1, -0.05) is 30.2 Å². The van der Waals surface area contributed by atoms with E-state index in [1.165, 1.54) is 5.56 Å². The normalized spacial score (nSPS) is 11.2. The molecule has 3 heteroatoms. The zero-order valence-electron chi connectivity index (χ0n) is 11.2. The molecule has 0 aliphatic carbocycles. The van der Waals surface area contributed by atoms with Gasteiger partial charge >= 0.3 is 0 Å². The van der Waals surface area contributed by atoms with Crippen LogP contribution in [0.15, 0.2) is 24.3 Å². The van der Waals surface area contributed by atoms with Crippen LogP contribution in [0.4, 0.5) is 0 Å². The second kappa shape index (κ2) is 7.41. The molecule has 0 bridgehead atoms. The average Bonchev–Trinajstić information content (AvgIpc) is 2.36. The number of nitriles is 1. The molecule has 1 aromatic rings. The quantitative estimate of drug-likeness (QED) is 0.751. The molecule has 0 amide bonds. The standard InChI is InChI=1S/C15H21ClN2/c1-15(2,12-17)9-3-4-10-18-11-13-5-7-14(16)8-6-13/h5-8,18H,3-4,9-11H2,1-2H3. The number of hydrogen-bond acceptors (Lipinski definition) is 2. The first-order valence-electron chi connectivity index (χ1n) is 6.40. The van der Waals surface area contributed by atoms with Crippen LogP contribution in [0, 0.1) is 16.7 Å². The number of benzene rings is 1. The smallest absolute Gasteiger partial charge is 0.0683 e. The van der Waals surface area contributed by atoms with Gasteiger partial charge in [-0.05, 0) is 50.9 Å². The minimum Gasteiger partial charge on any atom is -0.313 e. The summed E-state index contributed by atoms with van der Waals surface area (Å²) >= 11 is 5.82.